The lowest BCUT2D eigenvalue weighted by Crippen LogP contribution is -2.37. The van der Waals surface area contributed by atoms with Crippen molar-refractivity contribution in [2.75, 3.05) is 13.1 Å². The number of carbonyl (C=O) groups is 3. The van der Waals surface area contributed by atoms with E-state index in [1.807, 2.05) is 0 Å². The topological polar surface area (TPSA) is 149 Å². The first-order chi connectivity index (χ1) is 12.9. The molecule has 1 aromatic carbocycles. The van der Waals surface area contributed by atoms with Crippen molar-refractivity contribution in [2.24, 2.45) is 16.5 Å². The summed E-state index contributed by atoms with van der Waals surface area (Å²) in [5, 5.41) is 5.07. The fourth-order valence-corrected chi connectivity index (χ4v) is 2.75. The van der Waals surface area contributed by atoms with E-state index < -0.39 is 11.8 Å². The molecule has 0 saturated heterocycles. The number of hydrogen-bond donors (Lipinski definition) is 4. The number of esters is 1. The molecule has 1 fully saturated rings. The van der Waals surface area contributed by atoms with Gasteiger partial charge in [0.25, 0.3) is 5.91 Å². The Morgan fingerprint density at radius 3 is 2.59 bits per heavy atom. The third kappa shape index (κ3) is 7.35. The number of guanidine groups is 1. The van der Waals surface area contributed by atoms with Crippen LogP contribution in [0.4, 0.5) is 5.69 Å². The molecule has 27 heavy (non-hydrogen) atoms. The van der Waals surface area contributed by atoms with Crippen molar-refractivity contribution in [2.45, 2.75) is 38.2 Å². The van der Waals surface area contributed by atoms with Crippen molar-refractivity contribution in [1.29, 1.82) is 0 Å². The molecule has 2 rings (SSSR count). The van der Waals surface area contributed by atoms with Crippen LogP contribution in [-0.4, -0.2) is 42.9 Å². The summed E-state index contributed by atoms with van der Waals surface area (Å²) in [6, 6.07) is 6.37. The minimum atomic E-state index is -0.432. The van der Waals surface area contributed by atoms with Crippen LogP contribution in [0.2, 0.25) is 0 Å². The van der Waals surface area contributed by atoms with E-state index in [1.54, 1.807) is 18.2 Å². The van der Waals surface area contributed by atoms with Gasteiger partial charge in [0.2, 0.25) is 5.91 Å². The van der Waals surface area contributed by atoms with Gasteiger partial charge in [-0.25, -0.2) is 4.99 Å². The van der Waals surface area contributed by atoms with Crippen molar-refractivity contribution >= 4 is 29.4 Å². The van der Waals surface area contributed by atoms with Gasteiger partial charge in [-0.05, 0) is 43.9 Å². The molecule has 9 heteroatoms. The van der Waals surface area contributed by atoms with Gasteiger partial charge in [-0.3, -0.25) is 14.4 Å². The fourth-order valence-electron chi connectivity index (χ4n) is 2.75. The van der Waals surface area contributed by atoms with E-state index in [0.717, 1.165) is 25.7 Å². The molecular formula is C18H25N5O4. The highest BCUT2D eigenvalue weighted by Gasteiger charge is 2.19. The Morgan fingerprint density at radius 2 is 1.89 bits per heavy atom. The number of nitrogens with one attached hydrogen (secondary N) is 2. The van der Waals surface area contributed by atoms with E-state index in [1.165, 1.54) is 6.07 Å². The van der Waals surface area contributed by atoms with E-state index in [2.05, 4.69) is 15.6 Å². The molecule has 2 amide bonds. The lowest BCUT2D eigenvalue weighted by atomic mass is 10.2. The Hall–Kier alpha value is -3.10. The van der Waals surface area contributed by atoms with Crippen LogP contribution >= 0.6 is 0 Å². The van der Waals surface area contributed by atoms with E-state index in [0.29, 0.717) is 11.3 Å². The highest BCUT2D eigenvalue weighted by molar-refractivity contribution is 5.97. The summed E-state index contributed by atoms with van der Waals surface area (Å²) in [6.07, 6.45) is 4.12. The minimum Gasteiger partial charge on any atom is -0.462 e. The monoisotopic (exact) mass is 375 g/mol. The Kier molecular flexibility index (Phi) is 7.60. The SMILES string of the molecule is NC(N)=Nc1cccc(C(=O)NCC(=O)NCCC(=O)OC2CCCC2)c1. The van der Waals surface area contributed by atoms with Gasteiger partial charge >= 0.3 is 5.97 Å². The number of amides is 2. The van der Waals surface area contributed by atoms with Crippen LogP contribution in [0.25, 0.3) is 0 Å². The molecule has 0 aliphatic heterocycles. The summed E-state index contributed by atoms with van der Waals surface area (Å²) in [4.78, 5) is 39.4. The first kappa shape index (κ1) is 20.2. The van der Waals surface area contributed by atoms with Gasteiger partial charge in [-0.2, -0.15) is 0 Å². The van der Waals surface area contributed by atoms with Gasteiger partial charge in [0.15, 0.2) is 5.96 Å². The summed E-state index contributed by atoms with van der Waals surface area (Å²) in [5.41, 5.74) is 11.4. The second-order valence-electron chi connectivity index (χ2n) is 6.27. The Bertz CT molecular complexity index is 709. The van der Waals surface area contributed by atoms with Crippen LogP contribution in [0.15, 0.2) is 29.3 Å². The maximum Gasteiger partial charge on any atom is 0.307 e. The third-order valence-corrected chi connectivity index (χ3v) is 4.03. The lowest BCUT2D eigenvalue weighted by molar-refractivity contribution is -0.148. The first-order valence-electron chi connectivity index (χ1n) is 8.88. The quantitative estimate of drug-likeness (QED) is 0.292. The largest absolute Gasteiger partial charge is 0.462 e. The summed E-state index contributed by atoms with van der Waals surface area (Å²) >= 11 is 0. The normalized spacial score (nSPS) is 13.6. The average molecular weight is 375 g/mol. The predicted octanol–water partition coefficient (Wildman–Crippen LogP) is 0.313. The van der Waals surface area contributed by atoms with Crippen LogP contribution in [0.3, 0.4) is 0 Å². The van der Waals surface area contributed by atoms with E-state index in [9.17, 15) is 14.4 Å². The number of rotatable bonds is 8. The third-order valence-electron chi connectivity index (χ3n) is 4.03. The first-order valence-corrected chi connectivity index (χ1v) is 8.88. The van der Waals surface area contributed by atoms with Crippen LogP contribution in [0.5, 0.6) is 0 Å². The standard InChI is InChI=1S/C18H25N5O4/c19-18(20)23-13-5-3-4-12(10-13)17(26)22-11-15(24)21-9-8-16(25)27-14-6-1-2-7-14/h3-5,10,14H,1-2,6-9,11H2,(H,21,24)(H,22,26)(H4,19,20,23). The summed E-state index contributed by atoms with van der Waals surface area (Å²) in [5.74, 6) is -1.25. The fraction of sp³-hybridized carbons (Fsp3) is 0.444. The van der Waals surface area contributed by atoms with E-state index in [-0.39, 0.29) is 37.5 Å². The molecule has 1 aliphatic rings. The molecule has 1 aliphatic carbocycles. The smallest absolute Gasteiger partial charge is 0.307 e. The second kappa shape index (κ2) is 10.1. The van der Waals surface area contributed by atoms with Crippen LogP contribution in [-0.2, 0) is 14.3 Å². The molecule has 0 bridgehead atoms. The molecule has 0 radical (unpaired) electrons. The zero-order valence-corrected chi connectivity index (χ0v) is 15.1. The minimum absolute atomic E-state index is 0.0159. The van der Waals surface area contributed by atoms with Crippen molar-refractivity contribution in [3.63, 3.8) is 0 Å². The van der Waals surface area contributed by atoms with Crippen LogP contribution in [0.1, 0.15) is 42.5 Å². The summed E-state index contributed by atoms with van der Waals surface area (Å²) in [6.45, 7) is -0.0384. The number of nitrogens with two attached hydrogens (primary N) is 2. The van der Waals surface area contributed by atoms with Gasteiger partial charge in [-0.1, -0.05) is 6.07 Å². The van der Waals surface area contributed by atoms with Crippen molar-refractivity contribution < 1.29 is 19.1 Å². The molecule has 146 valence electrons. The van der Waals surface area contributed by atoms with E-state index in [4.69, 9.17) is 16.2 Å². The Balaban J connectivity index is 1.68. The van der Waals surface area contributed by atoms with Gasteiger partial charge < -0.3 is 26.8 Å². The molecule has 1 saturated carbocycles. The number of ether oxygens (including phenoxy) is 1. The summed E-state index contributed by atoms with van der Waals surface area (Å²) < 4.78 is 5.30. The van der Waals surface area contributed by atoms with Gasteiger partial charge in [0, 0.05) is 12.1 Å². The molecule has 0 spiro atoms. The number of hydrogen-bond acceptors (Lipinski definition) is 5. The Morgan fingerprint density at radius 1 is 1.15 bits per heavy atom. The highest BCUT2D eigenvalue weighted by atomic mass is 16.5. The number of benzene rings is 1. The molecule has 0 heterocycles. The Labute approximate surface area is 157 Å². The van der Waals surface area contributed by atoms with Crippen molar-refractivity contribution in [3.05, 3.63) is 29.8 Å². The maximum atomic E-state index is 12.1. The van der Waals surface area contributed by atoms with Gasteiger partial charge in [0.1, 0.15) is 6.10 Å². The van der Waals surface area contributed by atoms with Gasteiger partial charge in [0.05, 0.1) is 18.7 Å². The zero-order valence-electron chi connectivity index (χ0n) is 15.1. The maximum absolute atomic E-state index is 12.1. The molecule has 0 atom stereocenters. The van der Waals surface area contributed by atoms with Crippen molar-refractivity contribution in [3.8, 4) is 0 Å². The zero-order chi connectivity index (χ0) is 19.6. The number of aliphatic imine (C=N–C) groups is 1. The number of nitrogens with zero attached hydrogens (tertiary/aromatic N) is 1. The molecule has 1 aromatic rings. The highest BCUT2D eigenvalue weighted by Crippen LogP contribution is 2.21. The molecule has 0 aromatic heterocycles. The lowest BCUT2D eigenvalue weighted by Gasteiger charge is -2.11. The van der Waals surface area contributed by atoms with E-state index >= 15 is 0 Å². The van der Waals surface area contributed by atoms with Crippen LogP contribution in [0, 0.1) is 0 Å². The molecule has 0 unspecified atom stereocenters. The van der Waals surface area contributed by atoms with Crippen LogP contribution < -0.4 is 22.1 Å². The average Bonchev–Trinajstić information content (AvgIpc) is 3.12. The predicted molar refractivity (Wildman–Crippen MR) is 100 cm³/mol. The molecule has 6 N–H and O–H groups in total. The number of carbonyl (C=O) groups excluding carboxylic acids is 3. The van der Waals surface area contributed by atoms with Gasteiger partial charge in [-0.15, -0.1) is 0 Å². The molecule has 9 nitrogen and oxygen atoms in total. The second-order valence-corrected chi connectivity index (χ2v) is 6.27. The van der Waals surface area contributed by atoms with Crippen molar-refractivity contribution in [1.82, 2.24) is 10.6 Å². The summed E-state index contributed by atoms with van der Waals surface area (Å²) in [7, 11) is 0. The molecular weight excluding hydrogens is 350 g/mol.